The Hall–Kier alpha value is -4.05. The highest BCUT2D eigenvalue weighted by Crippen LogP contribution is 2.30. The number of ether oxygens (including phenoxy) is 2. The number of likely N-dealkylation sites (N-methyl/N-ethyl adjacent to an activating group) is 1. The summed E-state index contributed by atoms with van der Waals surface area (Å²) in [6.45, 7) is 2.00. The van der Waals surface area contributed by atoms with E-state index in [9.17, 15) is 9.59 Å². The van der Waals surface area contributed by atoms with Crippen LogP contribution in [0, 0.1) is 18.3 Å². The largest absolute Gasteiger partial charge is 0.495 e. The highest BCUT2D eigenvalue weighted by atomic mass is 16.5. The van der Waals surface area contributed by atoms with Crippen LogP contribution in [0.25, 0.3) is 10.8 Å². The highest BCUT2D eigenvalue weighted by Gasteiger charge is 2.18. The third kappa shape index (κ3) is 5.35. The molecule has 7 heteroatoms. The van der Waals surface area contributed by atoms with Crippen molar-refractivity contribution in [3.05, 3.63) is 65.7 Å². The lowest BCUT2D eigenvalue weighted by Gasteiger charge is -2.18. The molecule has 0 spiro atoms. The molecule has 0 aliphatic heterocycles. The summed E-state index contributed by atoms with van der Waals surface area (Å²) in [4.78, 5) is 27.0. The molecule has 164 valence electrons. The first-order valence-corrected chi connectivity index (χ1v) is 10.2. The second kappa shape index (κ2) is 10.3. The Bertz CT molecular complexity index is 1180. The van der Waals surface area contributed by atoms with Crippen molar-refractivity contribution < 1.29 is 19.1 Å². The Kier molecular flexibility index (Phi) is 7.29. The maximum absolute atomic E-state index is 13.2. The summed E-state index contributed by atoms with van der Waals surface area (Å²) < 4.78 is 11.1. The van der Waals surface area contributed by atoms with Gasteiger partial charge in [-0.05, 0) is 47.5 Å². The number of aryl methyl sites for hydroxylation is 1. The molecule has 0 radical (unpaired) electrons. The van der Waals surface area contributed by atoms with Gasteiger partial charge in [0.2, 0.25) is 0 Å². The minimum atomic E-state index is -0.375. The molecule has 0 saturated heterocycles. The van der Waals surface area contributed by atoms with Gasteiger partial charge in [-0.1, -0.05) is 30.3 Å². The number of fused-ring (bicyclic) bond motifs is 1. The summed E-state index contributed by atoms with van der Waals surface area (Å²) >= 11 is 0. The predicted molar refractivity (Wildman–Crippen MR) is 123 cm³/mol. The number of rotatable bonds is 8. The van der Waals surface area contributed by atoms with Crippen molar-refractivity contribution in [2.75, 3.05) is 32.6 Å². The van der Waals surface area contributed by atoms with Crippen molar-refractivity contribution in [2.24, 2.45) is 0 Å². The molecule has 0 fully saturated rings. The van der Waals surface area contributed by atoms with Crippen LogP contribution in [-0.4, -0.2) is 44.0 Å². The van der Waals surface area contributed by atoms with Crippen LogP contribution in [0.15, 0.2) is 54.6 Å². The standard InChI is InChI=1S/C25H25N3O4/c1-17-9-10-22(31-3)21(13-17)27-25(30)20-14-18-7-4-5-8-19(18)15-23(20)32-16-24(29)28(2)12-6-11-26/h4-5,7-10,13-15H,6,12,16H2,1-3H3,(H,27,30). The van der Waals surface area contributed by atoms with Gasteiger partial charge in [0, 0.05) is 13.6 Å². The Morgan fingerprint density at radius 3 is 2.47 bits per heavy atom. The van der Waals surface area contributed by atoms with Crippen LogP contribution in [0.1, 0.15) is 22.3 Å². The van der Waals surface area contributed by atoms with Gasteiger partial charge >= 0.3 is 0 Å². The number of carbonyl (C=O) groups is 2. The fourth-order valence-electron chi connectivity index (χ4n) is 3.22. The van der Waals surface area contributed by atoms with Gasteiger partial charge in [-0.25, -0.2) is 0 Å². The van der Waals surface area contributed by atoms with E-state index < -0.39 is 0 Å². The topological polar surface area (TPSA) is 91.7 Å². The zero-order valence-electron chi connectivity index (χ0n) is 18.3. The number of methoxy groups -OCH3 is 1. The third-order valence-electron chi connectivity index (χ3n) is 5.03. The van der Waals surface area contributed by atoms with Gasteiger partial charge in [-0.15, -0.1) is 0 Å². The van der Waals surface area contributed by atoms with E-state index in [1.54, 1.807) is 32.4 Å². The Morgan fingerprint density at radius 2 is 1.78 bits per heavy atom. The molecule has 3 aromatic carbocycles. The minimum absolute atomic E-state index is 0.240. The molecule has 7 nitrogen and oxygen atoms in total. The van der Waals surface area contributed by atoms with E-state index in [0.29, 0.717) is 29.3 Å². The number of nitrogens with zero attached hydrogens (tertiary/aromatic N) is 2. The Morgan fingerprint density at radius 1 is 1.06 bits per heavy atom. The van der Waals surface area contributed by atoms with E-state index in [0.717, 1.165) is 16.3 Å². The molecule has 3 aromatic rings. The fraction of sp³-hybridized carbons (Fsp3) is 0.240. The van der Waals surface area contributed by atoms with Gasteiger partial charge in [0.1, 0.15) is 11.5 Å². The second-order valence-electron chi connectivity index (χ2n) is 7.37. The van der Waals surface area contributed by atoms with Crippen molar-refractivity contribution in [1.82, 2.24) is 4.90 Å². The van der Waals surface area contributed by atoms with Crippen molar-refractivity contribution in [3.63, 3.8) is 0 Å². The minimum Gasteiger partial charge on any atom is -0.495 e. The molecule has 0 aliphatic carbocycles. The quantitative estimate of drug-likeness (QED) is 0.578. The first kappa shape index (κ1) is 22.6. The van der Waals surface area contributed by atoms with Crippen molar-refractivity contribution in [1.29, 1.82) is 5.26 Å². The summed E-state index contributed by atoms with van der Waals surface area (Å²) in [5, 5.41) is 13.4. The van der Waals surface area contributed by atoms with Crippen molar-refractivity contribution in [3.8, 4) is 17.6 Å². The highest BCUT2D eigenvalue weighted by molar-refractivity contribution is 6.09. The average molecular weight is 431 g/mol. The lowest BCUT2D eigenvalue weighted by atomic mass is 10.0. The summed E-state index contributed by atoms with van der Waals surface area (Å²) in [5.41, 5.74) is 1.82. The summed E-state index contributed by atoms with van der Waals surface area (Å²) in [7, 11) is 3.15. The van der Waals surface area contributed by atoms with Crippen LogP contribution >= 0.6 is 0 Å². The van der Waals surface area contributed by atoms with Crippen LogP contribution < -0.4 is 14.8 Å². The molecule has 0 aliphatic rings. The maximum atomic E-state index is 13.2. The number of nitriles is 1. The monoisotopic (exact) mass is 431 g/mol. The molecule has 0 aromatic heterocycles. The zero-order valence-corrected chi connectivity index (χ0v) is 18.3. The molecule has 0 atom stereocenters. The lowest BCUT2D eigenvalue weighted by Crippen LogP contribution is -2.32. The SMILES string of the molecule is COc1ccc(C)cc1NC(=O)c1cc2ccccc2cc1OCC(=O)N(C)CCC#N. The Labute approximate surface area is 187 Å². The number of hydrogen-bond donors (Lipinski definition) is 1. The smallest absolute Gasteiger partial charge is 0.260 e. The van der Waals surface area contributed by atoms with E-state index >= 15 is 0 Å². The van der Waals surface area contributed by atoms with Crippen LogP contribution in [0.3, 0.4) is 0 Å². The van der Waals surface area contributed by atoms with E-state index in [1.807, 2.05) is 49.4 Å². The molecule has 0 heterocycles. The van der Waals surface area contributed by atoms with Crippen LogP contribution in [0.4, 0.5) is 5.69 Å². The lowest BCUT2D eigenvalue weighted by molar-refractivity contribution is -0.132. The molecule has 3 rings (SSSR count). The van der Waals surface area contributed by atoms with Gasteiger partial charge in [0.25, 0.3) is 11.8 Å². The third-order valence-corrected chi connectivity index (χ3v) is 5.03. The fourth-order valence-corrected chi connectivity index (χ4v) is 3.22. The van der Waals surface area contributed by atoms with E-state index in [4.69, 9.17) is 14.7 Å². The van der Waals surface area contributed by atoms with E-state index in [-0.39, 0.29) is 24.8 Å². The molecule has 0 bridgehead atoms. The molecule has 0 saturated carbocycles. The van der Waals surface area contributed by atoms with E-state index in [1.165, 1.54) is 4.90 Å². The zero-order chi connectivity index (χ0) is 23.1. The molecular weight excluding hydrogens is 406 g/mol. The van der Waals surface area contributed by atoms with Gasteiger partial charge in [0.05, 0.1) is 30.9 Å². The number of benzene rings is 3. The van der Waals surface area contributed by atoms with Gasteiger partial charge in [0.15, 0.2) is 6.61 Å². The number of carbonyl (C=O) groups excluding carboxylic acids is 2. The molecule has 1 N–H and O–H groups in total. The number of hydrogen-bond acceptors (Lipinski definition) is 5. The van der Waals surface area contributed by atoms with Gasteiger partial charge in [-0.3, -0.25) is 9.59 Å². The Balaban J connectivity index is 1.89. The normalized spacial score (nSPS) is 10.3. The number of nitrogens with one attached hydrogen (secondary N) is 1. The predicted octanol–water partition coefficient (Wildman–Crippen LogP) is 4.16. The molecule has 2 amide bonds. The van der Waals surface area contributed by atoms with Crippen LogP contribution in [0.5, 0.6) is 11.5 Å². The summed E-state index contributed by atoms with van der Waals surface area (Å²) in [6.07, 6.45) is 0.240. The van der Waals surface area contributed by atoms with Crippen LogP contribution in [-0.2, 0) is 4.79 Å². The summed E-state index contributed by atoms with van der Waals surface area (Å²) in [5.74, 6) is 0.191. The van der Waals surface area contributed by atoms with Crippen LogP contribution in [0.2, 0.25) is 0 Å². The molecular formula is C25H25N3O4. The van der Waals surface area contributed by atoms with Crippen molar-refractivity contribution in [2.45, 2.75) is 13.3 Å². The molecule has 32 heavy (non-hydrogen) atoms. The van der Waals surface area contributed by atoms with E-state index in [2.05, 4.69) is 5.32 Å². The summed E-state index contributed by atoms with van der Waals surface area (Å²) in [6, 6.07) is 18.6. The van der Waals surface area contributed by atoms with Gasteiger partial charge in [-0.2, -0.15) is 5.26 Å². The second-order valence-corrected chi connectivity index (χ2v) is 7.37. The maximum Gasteiger partial charge on any atom is 0.260 e. The number of anilines is 1. The average Bonchev–Trinajstić information content (AvgIpc) is 2.80. The first-order chi connectivity index (χ1) is 15.4. The van der Waals surface area contributed by atoms with Gasteiger partial charge < -0.3 is 19.7 Å². The van der Waals surface area contributed by atoms with Crippen molar-refractivity contribution >= 4 is 28.3 Å². The first-order valence-electron chi connectivity index (χ1n) is 10.2. The number of amides is 2. The molecule has 0 unspecified atom stereocenters.